The van der Waals surface area contributed by atoms with Crippen molar-refractivity contribution in [1.29, 1.82) is 0 Å². The molecular formula is C11H18N4O. The van der Waals surface area contributed by atoms with Crippen molar-refractivity contribution in [2.45, 2.75) is 32.7 Å². The molecule has 1 amide bonds. The maximum absolute atomic E-state index is 12.1. The van der Waals surface area contributed by atoms with Crippen molar-refractivity contribution >= 4 is 11.7 Å². The van der Waals surface area contributed by atoms with Crippen LogP contribution in [0.1, 0.15) is 26.7 Å². The molecule has 0 aromatic carbocycles. The number of rotatable bonds is 2. The van der Waals surface area contributed by atoms with Crippen LogP contribution in [0.2, 0.25) is 0 Å². The van der Waals surface area contributed by atoms with E-state index in [1.807, 2.05) is 0 Å². The Kier molecular flexibility index (Phi) is 2.96. The third kappa shape index (κ3) is 2.24. The van der Waals surface area contributed by atoms with Crippen LogP contribution >= 0.6 is 0 Å². The summed E-state index contributed by atoms with van der Waals surface area (Å²) in [6.07, 6.45) is 3.82. The van der Waals surface area contributed by atoms with Gasteiger partial charge in [-0.25, -0.2) is 0 Å². The summed E-state index contributed by atoms with van der Waals surface area (Å²) >= 11 is 0. The number of anilines is 1. The average molecular weight is 222 g/mol. The summed E-state index contributed by atoms with van der Waals surface area (Å²) in [6, 6.07) is 1.61. The summed E-state index contributed by atoms with van der Waals surface area (Å²) in [5, 5.41) is 12.6. The normalized spacial score (nSPS) is 24.0. The van der Waals surface area contributed by atoms with Crippen LogP contribution in [0.5, 0.6) is 0 Å². The van der Waals surface area contributed by atoms with Crippen molar-refractivity contribution in [3.05, 3.63) is 12.3 Å². The van der Waals surface area contributed by atoms with Crippen LogP contribution in [-0.2, 0) is 4.79 Å². The number of nitrogens with one attached hydrogen (secondary N) is 3. The van der Waals surface area contributed by atoms with Crippen LogP contribution < -0.4 is 10.6 Å². The van der Waals surface area contributed by atoms with Crippen LogP contribution in [-0.4, -0.2) is 28.7 Å². The maximum atomic E-state index is 12.1. The molecule has 0 saturated carbocycles. The van der Waals surface area contributed by atoms with E-state index in [-0.39, 0.29) is 17.4 Å². The van der Waals surface area contributed by atoms with E-state index in [9.17, 15) is 4.79 Å². The summed E-state index contributed by atoms with van der Waals surface area (Å²) in [7, 11) is 0. The molecule has 3 N–H and O–H groups in total. The molecule has 0 radical (unpaired) electrons. The van der Waals surface area contributed by atoms with E-state index in [0.29, 0.717) is 5.82 Å². The molecule has 5 heteroatoms. The summed E-state index contributed by atoms with van der Waals surface area (Å²) < 4.78 is 0. The van der Waals surface area contributed by atoms with Crippen LogP contribution in [0.15, 0.2) is 12.3 Å². The van der Waals surface area contributed by atoms with Crippen molar-refractivity contribution in [1.82, 2.24) is 15.5 Å². The van der Waals surface area contributed by atoms with Crippen molar-refractivity contribution in [3.8, 4) is 0 Å². The quantitative estimate of drug-likeness (QED) is 0.702. The van der Waals surface area contributed by atoms with Crippen LogP contribution in [0.4, 0.5) is 5.82 Å². The summed E-state index contributed by atoms with van der Waals surface area (Å²) in [5.41, 5.74) is 0.00234. The Morgan fingerprint density at radius 1 is 1.62 bits per heavy atom. The number of carbonyl (C=O) groups is 1. The van der Waals surface area contributed by atoms with E-state index in [0.717, 1.165) is 19.4 Å². The number of amides is 1. The Balaban J connectivity index is 2.03. The highest BCUT2D eigenvalue weighted by molar-refractivity contribution is 5.94. The van der Waals surface area contributed by atoms with Gasteiger partial charge < -0.3 is 10.6 Å². The molecule has 1 saturated heterocycles. The summed E-state index contributed by atoms with van der Waals surface area (Å²) in [4.78, 5) is 12.1. The SMILES string of the molecule is CC1(C)CCCNC1C(=O)Nc1ccn[nH]1. The minimum atomic E-state index is -0.135. The number of H-pyrrole nitrogens is 1. The van der Waals surface area contributed by atoms with Gasteiger partial charge in [0, 0.05) is 6.07 Å². The van der Waals surface area contributed by atoms with E-state index in [2.05, 4.69) is 34.7 Å². The highest BCUT2D eigenvalue weighted by Crippen LogP contribution is 2.30. The van der Waals surface area contributed by atoms with E-state index in [1.54, 1.807) is 12.3 Å². The molecule has 88 valence electrons. The number of hydrogen-bond donors (Lipinski definition) is 3. The molecule has 5 nitrogen and oxygen atoms in total. The Morgan fingerprint density at radius 3 is 3.06 bits per heavy atom. The molecule has 1 fully saturated rings. The first-order valence-electron chi connectivity index (χ1n) is 5.63. The second-order valence-corrected chi connectivity index (χ2v) is 4.94. The Morgan fingerprint density at radius 2 is 2.44 bits per heavy atom. The molecule has 2 rings (SSSR count). The number of carbonyl (C=O) groups excluding carboxylic acids is 1. The molecule has 1 aliphatic heterocycles. The van der Waals surface area contributed by atoms with Crippen molar-refractivity contribution < 1.29 is 4.79 Å². The van der Waals surface area contributed by atoms with Gasteiger partial charge >= 0.3 is 0 Å². The fourth-order valence-corrected chi connectivity index (χ4v) is 2.19. The first kappa shape index (κ1) is 11.1. The van der Waals surface area contributed by atoms with Gasteiger partial charge in [-0.1, -0.05) is 13.8 Å². The second-order valence-electron chi connectivity index (χ2n) is 4.94. The lowest BCUT2D eigenvalue weighted by atomic mass is 9.77. The molecular weight excluding hydrogens is 204 g/mol. The zero-order chi connectivity index (χ0) is 11.6. The topological polar surface area (TPSA) is 69.8 Å². The molecule has 0 aliphatic carbocycles. The fraction of sp³-hybridized carbons (Fsp3) is 0.636. The largest absolute Gasteiger partial charge is 0.310 e. The van der Waals surface area contributed by atoms with Crippen molar-refractivity contribution in [2.24, 2.45) is 5.41 Å². The lowest BCUT2D eigenvalue weighted by Gasteiger charge is -2.38. The molecule has 1 aromatic heterocycles. The highest BCUT2D eigenvalue weighted by Gasteiger charge is 2.37. The standard InChI is InChI=1S/C11H18N4O/c1-11(2)5-3-6-12-9(11)10(16)14-8-4-7-13-15-8/h4,7,9,12H,3,5-6H2,1-2H3,(H2,13,14,15,16). The van der Waals surface area contributed by atoms with E-state index < -0.39 is 0 Å². The molecule has 0 bridgehead atoms. The fourth-order valence-electron chi connectivity index (χ4n) is 2.19. The van der Waals surface area contributed by atoms with Gasteiger partial charge in [0.15, 0.2) is 0 Å². The maximum Gasteiger partial charge on any atom is 0.243 e. The van der Waals surface area contributed by atoms with Gasteiger partial charge in [-0.05, 0) is 24.8 Å². The number of hydrogen-bond acceptors (Lipinski definition) is 3. The zero-order valence-electron chi connectivity index (χ0n) is 9.71. The van der Waals surface area contributed by atoms with Gasteiger partial charge in [0.05, 0.1) is 12.2 Å². The van der Waals surface area contributed by atoms with Crippen LogP contribution in [0.25, 0.3) is 0 Å². The molecule has 1 atom stereocenters. The lowest BCUT2D eigenvalue weighted by Crippen LogP contribution is -2.53. The van der Waals surface area contributed by atoms with Crippen LogP contribution in [0, 0.1) is 5.41 Å². The molecule has 2 heterocycles. The van der Waals surface area contributed by atoms with Crippen molar-refractivity contribution in [2.75, 3.05) is 11.9 Å². The zero-order valence-corrected chi connectivity index (χ0v) is 9.71. The summed E-state index contributed by atoms with van der Waals surface area (Å²) in [6.45, 7) is 5.15. The number of aromatic amines is 1. The minimum absolute atomic E-state index is 0.00234. The third-order valence-corrected chi connectivity index (χ3v) is 3.15. The van der Waals surface area contributed by atoms with E-state index >= 15 is 0 Å². The smallest absolute Gasteiger partial charge is 0.243 e. The van der Waals surface area contributed by atoms with Gasteiger partial charge in [-0.3, -0.25) is 9.89 Å². The van der Waals surface area contributed by atoms with Gasteiger partial charge in [0.2, 0.25) is 5.91 Å². The third-order valence-electron chi connectivity index (χ3n) is 3.15. The second kappa shape index (κ2) is 4.25. The van der Waals surface area contributed by atoms with Gasteiger partial charge in [-0.15, -0.1) is 0 Å². The van der Waals surface area contributed by atoms with Gasteiger partial charge in [0.25, 0.3) is 0 Å². The monoisotopic (exact) mass is 222 g/mol. The first-order valence-corrected chi connectivity index (χ1v) is 5.63. The van der Waals surface area contributed by atoms with Crippen LogP contribution in [0.3, 0.4) is 0 Å². The number of aromatic nitrogens is 2. The van der Waals surface area contributed by atoms with E-state index in [1.165, 1.54) is 0 Å². The predicted octanol–water partition coefficient (Wildman–Crippen LogP) is 1.13. The summed E-state index contributed by atoms with van der Waals surface area (Å²) in [5.74, 6) is 0.655. The molecule has 1 aliphatic rings. The van der Waals surface area contributed by atoms with Gasteiger partial charge in [-0.2, -0.15) is 5.10 Å². The number of nitrogens with zero attached hydrogens (tertiary/aromatic N) is 1. The Labute approximate surface area is 95.0 Å². The van der Waals surface area contributed by atoms with Crippen molar-refractivity contribution in [3.63, 3.8) is 0 Å². The Hall–Kier alpha value is -1.36. The highest BCUT2D eigenvalue weighted by atomic mass is 16.2. The Bertz CT molecular complexity index is 358. The molecule has 1 unspecified atom stereocenters. The van der Waals surface area contributed by atoms with E-state index in [4.69, 9.17) is 0 Å². The molecule has 0 spiro atoms. The molecule has 16 heavy (non-hydrogen) atoms. The number of piperidine rings is 1. The first-order chi connectivity index (χ1) is 7.59. The average Bonchev–Trinajstić information content (AvgIpc) is 2.69. The predicted molar refractivity (Wildman–Crippen MR) is 62.0 cm³/mol. The minimum Gasteiger partial charge on any atom is -0.310 e. The van der Waals surface area contributed by atoms with Gasteiger partial charge in [0.1, 0.15) is 5.82 Å². The lowest BCUT2D eigenvalue weighted by molar-refractivity contribution is -0.121. The molecule has 1 aromatic rings.